The van der Waals surface area contributed by atoms with Crippen LogP contribution in [0.5, 0.6) is 0 Å². The molecule has 0 aliphatic rings. The van der Waals surface area contributed by atoms with Crippen molar-refractivity contribution in [3.05, 3.63) is 0 Å². The lowest BCUT2D eigenvalue weighted by molar-refractivity contribution is 0.169. The minimum absolute atomic E-state index is 0.486. The zero-order chi connectivity index (χ0) is 5.86. The summed E-state index contributed by atoms with van der Waals surface area (Å²) in [6, 6.07) is 0. The Hall–Kier alpha value is 0.230. The second-order valence-electron chi connectivity index (χ2n) is 0.703. The van der Waals surface area contributed by atoms with Gasteiger partial charge in [-0.25, -0.2) is 4.79 Å². The highest BCUT2D eigenvalue weighted by molar-refractivity contribution is 9.21. The summed E-state index contributed by atoms with van der Waals surface area (Å²) in [6.07, 6.45) is -0.486. The lowest BCUT2D eigenvalue weighted by Crippen LogP contribution is -2.08. The number of amides is 1. The van der Waals surface area contributed by atoms with Crippen LogP contribution in [0.2, 0.25) is 0 Å². The SMILES string of the molecule is COC(=O)N(Br)Br. The van der Waals surface area contributed by atoms with Crippen LogP contribution in [0, 0.1) is 0 Å². The van der Waals surface area contributed by atoms with Gasteiger partial charge in [0.05, 0.1) is 39.4 Å². The third-order valence-corrected chi connectivity index (χ3v) is 0.892. The first-order valence-electron chi connectivity index (χ1n) is 1.38. The molecule has 0 spiro atoms. The molecule has 0 aliphatic carbocycles. The molecule has 0 aromatic carbocycles. The topological polar surface area (TPSA) is 29.5 Å². The van der Waals surface area contributed by atoms with Crippen LogP contribution < -0.4 is 0 Å². The maximum absolute atomic E-state index is 10.1. The molecule has 1 amide bonds. The zero-order valence-electron chi connectivity index (χ0n) is 3.52. The van der Waals surface area contributed by atoms with Gasteiger partial charge < -0.3 is 4.74 Å². The number of hydrogen-bond acceptors (Lipinski definition) is 2. The Labute approximate surface area is 58.3 Å². The van der Waals surface area contributed by atoms with Crippen LogP contribution in [-0.2, 0) is 4.74 Å². The van der Waals surface area contributed by atoms with Gasteiger partial charge in [-0.15, -0.1) is 0 Å². The number of nitrogens with zero attached hydrogens (tertiary/aromatic N) is 1. The van der Waals surface area contributed by atoms with E-state index in [4.69, 9.17) is 0 Å². The maximum Gasteiger partial charge on any atom is 0.430 e. The highest BCUT2D eigenvalue weighted by Crippen LogP contribution is 2.05. The van der Waals surface area contributed by atoms with Crippen molar-refractivity contribution in [1.82, 2.24) is 2.95 Å². The first-order chi connectivity index (χ1) is 3.18. The number of ether oxygens (including phenoxy) is 1. The lowest BCUT2D eigenvalue weighted by Gasteiger charge is -1.99. The van der Waals surface area contributed by atoms with Gasteiger partial charge in [-0.1, -0.05) is 0 Å². The summed E-state index contributed by atoms with van der Waals surface area (Å²) in [4.78, 5) is 10.1. The molecule has 0 aliphatic heterocycles. The molecule has 0 fully saturated rings. The first kappa shape index (κ1) is 7.23. The van der Waals surface area contributed by atoms with Crippen LogP contribution >= 0.6 is 32.3 Å². The lowest BCUT2D eigenvalue weighted by atomic mass is 11.2. The molecule has 7 heavy (non-hydrogen) atoms. The van der Waals surface area contributed by atoms with E-state index in [-0.39, 0.29) is 0 Å². The van der Waals surface area contributed by atoms with Gasteiger partial charge in [0.15, 0.2) is 0 Å². The molecule has 0 unspecified atom stereocenters. The van der Waals surface area contributed by atoms with Crippen molar-refractivity contribution in [3.8, 4) is 0 Å². The van der Waals surface area contributed by atoms with Crippen LogP contribution in [0.4, 0.5) is 4.79 Å². The summed E-state index contributed by atoms with van der Waals surface area (Å²) < 4.78 is 5.19. The number of hydrogen-bond donors (Lipinski definition) is 0. The number of halogens is 2. The third kappa shape index (κ3) is 2.87. The Balaban J connectivity index is 3.35. The van der Waals surface area contributed by atoms with Gasteiger partial charge in [0.1, 0.15) is 0 Å². The quantitative estimate of drug-likeness (QED) is 0.595. The number of carbonyl (C=O) groups excluding carboxylic acids is 1. The van der Waals surface area contributed by atoms with Crippen LogP contribution in [0.3, 0.4) is 0 Å². The van der Waals surface area contributed by atoms with Gasteiger partial charge in [0.25, 0.3) is 0 Å². The molecule has 0 saturated heterocycles. The predicted molar refractivity (Wildman–Crippen MR) is 32.1 cm³/mol. The molecule has 5 heteroatoms. The fourth-order valence-corrected chi connectivity index (χ4v) is 0.359. The predicted octanol–water partition coefficient (Wildman–Crippen LogP) is 1.67. The monoisotopic (exact) mass is 231 g/mol. The Bertz CT molecular complexity index is 74.1. The summed E-state index contributed by atoms with van der Waals surface area (Å²) in [7, 11) is 1.29. The Morgan fingerprint density at radius 2 is 2.14 bits per heavy atom. The van der Waals surface area contributed by atoms with E-state index in [1.165, 1.54) is 7.11 Å². The number of rotatable bonds is 0. The second-order valence-corrected chi connectivity index (χ2v) is 3.07. The van der Waals surface area contributed by atoms with E-state index in [0.717, 1.165) is 2.95 Å². The molecule has 0 atom stereocenters. The van der Waals surface area contributed by atoms with E-state index in [0.29, 0.717) is 0 Å². The van der Waals surface area contributed by atoms with E-state index in [9.17, 15) is 4.79 Å². The molecule has 0 rings (SSSR count). The fraction of sp³-hybridized carbons (Fsp3) is 0.500. The van der Waals surface area contributed by atoms with Crippen LogP contribution in [0.15, 0.2) is 0 Å². The van der Waals surface area contributed by atoms with E-state index >= 15 is 0 Å². The summed E-state index contributed by atoms with van der Waals surface area (Å²) in [5, 5.41) is 0. The van der Waals surface area contributed by atoms with Crippen molar-refractivity contribution in [2.45, 2.75) is 0 Å². The first-order valence-corrected chi connectivity index (χ1v) is 2.80. The number of methoxy groups -OCH3 is 1. The Morgan fingerprint density at radius 1 is 1.71 bits per heavy atom. The second kappa shape index (κ2) is 3.26. The summed E-state index contributed by atoms with van der Waals surface area (Å²) in [6.45, 7) is 0. The normalized spacial score (nSPS) is 7.86. The van der Waals surface area contributed by atoms with Crippen LogP contribution in [0.1, 0.15) is 0 Å². The fourth-order valence-electron chi connectivity index (χ4n) is 0.0690. The smallest absolute Gasteiger partial charge is 0.430 e. The standard InChI is InChI=1S/C2H3Br2NO2/c1-7-2(6)5(3)4/h1H3. The van der Waals surface area contributed by atoms with Gasteiger partial charge in [-0.05, 0) is 0 Å². The van der Waals surface area contributed by atoms with Gasteiger partial charge in [-0.2, -0.15) is 2.95 Å². The largest absolute Gasteiger partial charge is 0.452 e. The molecule has 0 N–H and O–H groups in total. The highest BCUT2D eigenvalue weighted by Gasteiger charge is 2.02. The van der Waals surface area contributed by atoms with Gasteiger partial charge in [0.2, 0.25) is 0 Å². The van der Waals surface area contributed by atoms with E-state index in [1.807, 2.05) is 0 Å². The Kier molecular flexibility index (Phi) is 3.37. The van der Waals surface area contributed by atoms with Crippen molar-refractivity contribution >= 4 is 38.4 Å². The molecular formula is C2H3Br2NO2. The molecular weight excluding hydrogens is 230 g/mol. The van der Waals surface area contributed by atoms with Crippen LogP contribution in [0.25, 0.3) is 0 Å². The van der Waals surface area contributed by atoms with Crippen LogP contribution in [-0.4, -0.2) is 16.2 Å². The summed E-state index contributed by atoms with van der Waals surface area (Å²) in [5.74, 6) is 0. The van der Waals surface area contributed by atoms with Crippen molar-refractivity contribution in [2.24, 2.45) is 0 Å². The minimum Gasteiger partial charge on any atom is -0.452 e. The molecule has 42 valence electrons. The average Bonchev–Trinajstić information content (AvgIpc) is 1.65. The van der Waals surface area contributed by atoms with E-state index < -0.39 is 6.09 Å². The minimum atomic E-state index is -0.486. The molecule has 0 aromatic heterocycles. The number of carbonyl (C=O) groups is 1. The maximum atomic E-state index is 10.1. The third-order valence-electron chi connectivity index (χ3n) is 0.313. The summed E-state index contributed by atoms with van der Waals surface area (Å²) in [5.41, 5.74) is 0. The van der Waals surface area contributed by atoms with E-state index in [1.54, 1.807) is 0 Å². The molecule has 3 nitrogen and oxygen atoms in total. The zero-order valence-corrected chi connectivity index (χ0v) is 6.69. The van der Waals surface area contributed by atoms with Gasteiger partial charge >= 0.3 is 6.09 Å². The van der Waals surface area contributed by atoms with E-state index in [2.05, 4.69) is 37.0 Å². The average molecular weight is 233 g/mol. The summed E-state index contributed by atoms with van der Waals surface area (Å²) >= 11 is 5.55. The van der Waals surface area contributed by atoms with Crippen molar-refractivity contribution in [3.63, 3.8) is 0 Å². The van der Waals surface area contributed by atoms with Crippen molar-refractivity contribution in [1.29, 1.82) is 0 Å². The van der Waals surface area contributed by atoms with Crippen molar-refractivity contribution in [2.75, 3.05) is 7.11 Å². The van der Waals surface area contributed by atoms with Gasteiger partial charge in [0, 0.05) is 0 Å². The molecule has 0 radical (unpaired) electrons. The highest BCUT2D eigenvalue weighted by atomic mass is 79.9. The molecule has 0 heterocycles. The Morgan fingerprint density at radius 3 is 2.14 bits per heavy atom. The molecule has 0 saturated carbocycles. The van der Waals surface area contributed by atoms with Gasteiger partial charge in [-0.3, -0.25) is 0 Å². The van der Waals surface area contributed by atoms with Crippen molar-refractivity contribution < 1.29 is 9.53 Å². The molecule has 0 bridgehead atoms. The molecule has 0 aromatic rings.